The normalized spacial score (nSPS) is 11.3. The van der Waals surface area contributed by atoms with Gasteiger partial charge >= 0.3 is 0 Å². The van der Waals surface area contributed by atoms with Crippen LogP contribution in [0.3, 0.4) is 0 Å². The summed E-state index contributed by atoms with van der Waals surface area (Å²) >= 11 is 0. The summed E-state index contributed by atoms with van der Waals surface area (Å²) in [6, 6.07) is 5.18. The van der Waals surface area contributed by atoms with Crippen LogP contribution in [-0.2, 0) is 0 Å². The number of nitrogens with one attached hydrogen (secondary N) is 2. The number of hydrogen-bond acceptors (Lipinski definition) is 4. The average molecular weight is 250 g/mol. The summed E-state index contributed by atoms with van der Waals surface area (Å²) in [6.07, 6.45) is 1.82. The first-order chi connectivity index (χ1) is 8.54. The molecule has 0 aliphatic carbocycles. The van der Waals surface area contributed by atoms with E-state index in [2.05, 4.69) is 48.2 Å². The molecule has 0 bridgehead atoms. The molecule has 0 saturated heterocycles. The van der Waals surface area contributed by atoms with E-state index in [0.717, 1.165) is 24.6 Å². The Labute approximate surface area is 111 Å². The number of pyridine rings is 1. The Balaban J connectivity index is 2.44. The van der Waals surface area contributed by atoms with Gasteiger partial charge in [-0.2, -0.15) is 0 Å². The van der Waals surface area contributed by atoms with Gasteiger partial charge in [0.25, 0.3) is 0 Å². The van der Waals surface area contributed by atoms with Crippen molar-refractivity contribution in [3.05, 3.63) is 18.3 Å². The summed E-state index contributed by atoms with van der Waals surface area (Å²) in [5, 5.41) is 6.48. The SMILES string of the molecule is CNc1cc(NCCN(C(C)C)C(C)C)ccn1. The van der Waals surface area contributed by atoms with Crippen molar-refractivity contribution in [2.24, 2.45) is 0 Å². The van der Waals surface area contributed by atoms with Crippen molar-refractivity contribution in [3.63, 3.8) is 0 Å². The molecular weight excluding hydrogens is 224 g/mol. The lowest BCUT2D eigenvalue weighted by atomic mass is 10.2. The molecule has 0 amide bonds. The van der Waals surface area contributed by atoms with Crippen LogP contribution < -0.4 is 10.6 Å². The molecule has 0 aliphatic rings. The van der Waals surface area contributed by atoms with Gasteiger partial charge in [0.15, 0.2) is 0 Å². The Kier molecular flexibility index (Phi) is 5.92. The zero-order valence-electron chi connectivity index (χ0n) is 12.2. The first-order valence-electron chi connectivity index (χ1n) is 6.68. The van der Waals surface area contributed by atoms with Crippen molar-refractivity contribution in [1.82, 2.24) is 9.88 Å². The van der Waals surface area contributed by atoms with E-state index in [9.17, 15) is 0 Å². The average Bonchev–Trinajstić information content (AvgIpc) is 2.34. The molecule has 0 unspecified atom stereocenters. The Hall–Kier alpha value is -1.29. The highest BCUT2D eigenvalue weighted by molar-refractivity contribution is 5.51. The van der Waals surface area contributed by atoms with Crippen LogP contribution in [0.1, 0.15) is 27.7 Å². The molecule has 18 heavy (non-hydrogen) atoms. The fraction of sp³-hybridized carbons (Fsp3) is 0.643. The summed E-state index contributed by atoms with van der Waals surface area (Å²) in [4.78, 5) is 6.68. The summed E-state index contributed by atoms with van der Waals surface area (Å²) in [5.41, 5.74) is 1.11. The Bertz CT molecular complexity index is 341. The monoisotopic (exact) mass is 250 g/mol. The van der Waals surface area contributed by atoms with Crippen LogP contribution in [0.15, 0.2) is 18.3 Å². The third kappa shape index (κ3) is 4.53. The molecule has 102 valence electrons. The van der Waals surface area contributed by atoms with Crippen LogP contribution in [0.2, 0.25) is 0 Å². The molecule has 0 fully saturated rings. The summed E-state index contributed by atoms with van der Waals surface area (Å²) in [5.74, 6) is 0.893. The van der Waals surface area contributed by atoms with E-state index < -0.39 is 0 Å². The molecule has 1 aromatic heterocycles. The van der Waals surface area contributed by atoms with Crippen molar-refractivity contribution in [2.75, 3.05) is 30.8 Å². The first-order valence-corrected chi connectivity index (χ1v) is 6.68. The molecule has 2 N–H and O–H groups in total. The van der Waals surface area contributed by atoms with Crippen LogP contribution >= 0.6 is 0 Å². The zero-order chi connectivity index (χ0) is 13.5. The predicted octanol–water partition coefficient (Wildman–Crippen LogP) is 2.65. The smallest absolute Gasteiger partial charge is 0.127 e. The predicted molar refractivity (Wildman–Crippen MR) is 79.3 cm³/mol. The second kappa shape index (κ2) is 7.21. The van der Waals surface area contributed by atoms with Gasteiger partial charge in [-0.05, 0) is 33.8 Å². The van der Waals surface area contributed by atoms with Gasteiger partial charge in [-0.3, -0.25) is 4.90 Å². The lowest BCUT2D eigenvalue weighted by molar-refractivity contribution is 0.182. The van der Waals surface area contributed by atoms with Crippen LogP contribution in [0.4, 0.5) is 11.5 Å². The van der Waals surface area contributed by atoms with E-state index in [0.29, 0.717) is 12.1 Å². The number of nitrogens with zero attached hydrogens (tertiary/aromatic N) is 2. The van der Waals surface area contributed by atoms with Crippen LogP contribution in [0, 0.1) is 0 Å². The number of rotatable bonds is 7. The van der Waals surface area contributed by atoms with Crippen molar-refractivity contribution < 1.29 is 0 Å². The first kappa shape index (κ1) is 14.8. The minimum atomic E-state index is 0.581. The third-order valence-corrected chi connectivity index (χ3v) is 3.04. The summed E-state index contributed by atoms with van der Waals surface area (Å²) < 4.78 is 0. The number of aromatic nitrogens is 1. The van der Waals surface area contributed by atoms with E-state index in [-0.39, 0.29) is 0 Å². The number of hydrogen-bond donors (Lipinski definition) is 2. The summed E-state index contributed by atoms with van der Waals surface area (Å²) in [7, 11) is 1.88. The van der Waals surface area contributed by atoms with Crippen LogP contribution in [0.25, 0.3) is 0 Å². The summed E-state index contributed by atoms with van der Waals surface area (Å²) in [6.45, 7) is 11.0. The van der Waals surface area contributed by atoms with Crippen molar-refractivity contribution >= 4 is 11.5 Å². The molecule has 0 spiro atoms. The van der Waals surface area contributed by atoms with Crippen LogP contribution in [-0.4, -0.2) is 42.1 Å². The lowest BCUT2D eigenvalue weighted by Crippen LogP contribution is -2.40. The fourth-order valence-electron chi connectivity index (χ4n) is 2.12. The molecule has 0 aromatic carbocycles. The molecule has 0 aliphatic heterocycles. The molecule has 1 aromatic rings. The molecule has 0 saturated carbocycles. The van der Waals surface area contributed by atoms with Gasteiger partial charge in [-0.25, -0.2) is 4.98 Å². The highest BCUT2D eigenvalue weighted by Crippen LogP contribution is 2.11. The van der Waals surface area contributed by atoms with Crippen LogP contribution in [0.5, 0.6) is 0 Å². The fourth-order valence-corrected chi connectivity index (χ4v) is 2.12. The largest absolute Gasteiger partial charge is 0.384 e. The van der Waals surface area contributed by atoms with Gasteiger partial charge < -0.3 is 10.6 Å². The van der Waals surface area contributed by atoms with Gasteiger partial charge in [0.1, 0.15) is 5.82 Å². The molecular formula is C14H26N4. The van der Waals surface area contributed by atoms with Gasteiger partial charge in [0.05, 0.1) is 0 Å². The third-order valence-electron chi connectivity index (χ3n) is 3.04. The van der Waals surface area contributed by atoms with Crippen molar-refractivity contribution in [1.29, 1.82) is 0 Å². The van der Waals surface area contributed by atoms with E-state index in [4.69, 9.17) is 0 Å². The molecule has 1 heterocycles. The molecule has 4 heteroatoms. The van der Waals surface area contributed by atoms with E-state index >= 15 is 0 Å². The maximum absolute atomic E-state index is 4.20. The second-order valence-corrected chi connectivity index (χ2v) is 5.03. The van der Waals surface area contributed by atoms with Gasteiger partial charge in [-0.15, -0.1) is 0 Å². The molecule has 4 nitrogen and oxygen atoms in total. The Morgan fingerprint density at radius 2 is 1.89 bits per heavy atom. The zero-order valence-corrected chi connectivity index (χ0v) is 12.2. The highest BCUT2D eigenvalue weighted by atomic mass is 15.2. The van der Waals surface area contributed by atoms with E-state index in [1.165, 1.54) is 0 Å². The lowest BCUT2D eigenvalue weighted by Gasteiger charge is -2.30. The van der Waals surface area contributed by atoms with E-state index in [1.807, 2.05) is 25.4 Å². The Morgan fingerprint density at radius 1 is 1.22 bits per heavy atom. The standard InChI is InChI=1S/C14H26N4/c1-11(2)18(12(3)4)9-8-16-13-6-7-17-14(10-13)15-5/h6-7,10-12H,8-9H2,1-5H3,(H2,15,16,17). The maximum atomic E-state index is 4.20. The quantitative estimate of drug-likeness (QED) is 0.780. The van der Waals surface area contributed by atoms with Gasteiger partial charge in [-0.1, -0.05) is 0 Å². The van der Waals surface area contributed by atoms with Gasteiger partial charge in [0.2, 0.25) is 0 Å². The topological polar surface area (TPSA) is 40.2 Å². The minimum Gasteiger partial charge on any atom is -0.384 e. The highest BCUT2D eigenvalue weighted by Gasteiger charge is 2.12. The molecule has 0 atom stereocenters. The maximum Gasteiger partial charge on any atom is 0.127 e. The molecule has 1 rings (SSSR count). The number of anilines is 2. The van der Waals surface area contributed by atoms with Crippen molar-refractivity contribution in [2.45, 2.75) is 39.8 Å². The Morgan fingerprint density at radius 3 is 2.44 bits per heavy atom. The van der Waals surface area contributed by atoms with E-state index in [1.54, 1.807) is 0 Å². The van der Waals surface area contributed by atoms with Crippen molar-refractivity contribution in [3.8, 4) is 0 Å². The molecule has 0 radical (unpaired) electrons. The van der Waals surface area contributed by atoms with Gasteiger partial charge in [0, 0.05) is 50.2 Å². The second-order valence-electron chi connectivity index (χ2n) is 5.03. The minimum absolute atomic E-state index is 0.581.